The van der Waals surface area contributed by atoms with Crippen LogP contribution in [0.4, 0.5) is 5.69 Å². The Bertz CT molecular complexity index is 883. The number of aliphatic hydroxyl groups is 1. The zero-order valence-corrected chi connectivity index (χ0v) is 17.8. The zero-order valence-electron chi connectivity index (χ0n) is 16.3. The second kappa shape index (κ2) is 7.18. The Balaban J connectivity index is 1.74. The van der Waals surface area contributed by atoms with Crippen LogP contribution in [0, 0.1) is 11.8 Å². The van der Waals surface area contributed by atoms with Crippen LogP contribution in [0.1, 0.15) is 19.8 Å². The number of carbonyl (C=O) groups is 3. The van der Waals surface area contributed by atoms with E-state index in [1.165, 1.54) is 4.90 Å². The van der Waals surface area contributed by atoms with Gasteiger partial charge in [-0.3, -0.25) is 14.4 Å². The van der Waals surface area contributed by atoms with Crippen LogP contribution in [0.5, 0.6) is 0 Å². The Morgan fingerprint density at radius 3 is 2.69 bits per heavy atom. The molecule has 0 aliphatic carbocycles. The molecule has 1 aromatic carbocycles. The van der Waals surface area contributed by atoms with Gasteiger partial charge in [-0.1, -0.05) is 23.7 Å². The summed E-state index contributed by atoms with van der Waals surface area (Å²) in [5.41, 5.74) is 0.474. The molecule has 3 fully saturated rings. The van der Waals surface area contributed by atoms with E-state index in [9.17, 15) is 19.5 Å². The Labute approximate surface area is 178 Å². The summed E-state index contributed by atoms with van der Waals surface area (Å²) in [7, 11) is 1.57. The highest BCUT2D eigenvalue weighted by Crippen LogP contribution is 2.71. The number of hydrogen-bond acceptors (Lipinski definition) is 5. The fourth-order valence-electron chi connectivity index (χ4n) is 5.39. The van der Waals surface area contributed by atoms with Crippen molar-refractivity contribution in [2.45, 2.75) is 35.3 Å². The number of hydrogen-bond donors (Lipinski definition) is 3. The second-order valence-electron chi connectivity index (χ2n) is 8.07. The number of rotatable bonds is 5. The third kappa shape index (κ3) is 2.87. The van der Waals surface area contributed by atoms with Crippen LogP contribution in [-0.4, -0.2) is 63.5 Å². The molecular weight excluding hydrogens is 414 g/mol. The monoisotopic (exact) mass is 437 g/mol. The summed E-state index contributed by atoms with van der Waals surface area (Å²) in [4.78, 5) is 41.0. The number of nitrogens with one attached hydrogen (secondary N) is 2. The molecule has 2 unspecified atom stereocenters. The van der Waals surface area contributed by atoms with Crippen LogP contribution < -0.4 is 10.6 Å². The smallest absolute Gasteiger partial charge is 0.248 e. The maximum Gasteiger partial charge on any atom is 0.248 e. The van der Waals surface area contributed by atoms with Crippen molar-refractivity contribution in [3.8, 4) is 0 Å². The zero-order chi connectivity index (χ0) is 21.0. The number of para-hydroxylation sites is 1. The van der Waals surface area contributed by atoms with E-state index < -0.39 is 27.4 Å². The summed E-state index contributed by atoms with van der Waals surface area (Å²) in [5, 5.41) is 15.5. The van der Waals surface area contributed by atoms with Gasteiger partial charge in [0.25, 0.3) is 0 Å². The maximum atomic E-state index is 13.4. The minimum absolute atomic E-state index is 0.0510. The second-order valence-corrected chi connectivity index (χ2v) is 10.4. The van der Waals surface area contributed by atoms with E-state index in [1.807, 2.05) is 6.92 Å². The lowest BCUT2D eigenvalue weighted by Gasteiger charge is -2.34. The molecule has 29 heavy (non-hydrogen) atoms. The van der Waals surface area contributed by atoms with Gasteiger partial charge in [0.2, 0.25) is 17.7 Å². The third-order valence-electron chi connectivity index (χ3n) is 6.53. The Morgan fingerprint density at radius 2 is 2.03 bits per heavy atom. The van der Waals surface area contributed by atoms with Gasteiger partial charge < -0.3 is 20.6 Å². The van der Waals surface area contributed by atoms with Gasteiger partial charge in [-0.25, -0.2) is 0 Å². The van der Waals surface area contributed by atoms with Crippen molar-refractivity contribution in [1.29, 1.82) is 0 Å². The molecule has 3 saturated heterocycles. The number of benzene rings is 1. The van der Waals surface area contributed by atoms with E-state index in [2.05, 4.69) is 10.6 Å². The van der Waals surface area contributed by atoms with Crippen molar-refractivity contribution >= 4 is 46.8 Å². The Morgan fingerprint density at radius 1 is 1.31 bits per heavy atom. The molecule has 7 nitrogen and oxygen atoms in total. The van der Waals surface area contributed by atoms with Crippen LogP contribution in [0.25, 0.3) is 0 Å². The number of nitrogens with zero attached hydrogens (tertiary/aromatic N) is 1. The Hall–Kier alpha value is -1.77. The molecular formula is C20H24ClN3O4S. The highest BCUT2D eigenvalue weighted by molar-refractivity contribution is 8.02. The molecule has 3 heterocycles. The van der Waals surface area contributed by atoms with Crippen molar-refractivity contribution in [3.05, 3.63) is 29.3 Å². The van der Waals surface area contributed by atoms with Gasteiger partial charge in [-0.15, -0.1) is 11.8 Å². The van der Waals surface area contributed by atoms with Crippen molar-refractivity contribution in [1.82, 2.24) is 10.2 Å². The van der Waals surface area contributed by atoms with E-state index in [1.54, 1.807) is 43.1 Å². The summed E-state index contributed by atoms with van der Waals surface area (Å²) in [6.07, 6.45) is 1.42. The fourth-order valence-corrected chi connectivity index (χ4v) is 7.93. The minimum atomic E-state index is -0.773. The highest BCUT2D eigenvalue weighted by atomic mass is 35.5. The molecule has 0 aromatic heterocycles. The summed E-state index contributed by atoms with van der Waals surface area (Å²) >= 11 is 7.79. The van der Waals surface area contributed by atoms with Crippen LogP contribution in [0.15, 0.2) is 24.3 Å². The molecule has 3 amide bonds. The first-order valence-electron chi connectivity index (χ1n) is 9.67. The molecule has 0 radical (unpaired) electrons. The lowest BCUT2D eigenvalue weighted by molar-refractivity contribution is -0.140. The molecule has 0 saturated carbocycles. The summed E-state index contributed by atoms with van der Waals surface area (Å²) in [5.74, 6) is -1.83. The Kier molecular flexibility index (Phi) is 5.07. The van der Waals surface area contributed by atoms with E-state index in [-0.39, 0.29) is 30.9 Å². The number of likely N-dealkylation sites (tertiary alicyclic amines) is 1. The van der Waals surface area contributed by atoms with Gasteiger partial charge in [-0.2, -0.15) is 0 Å². The summed E-state index contributed by atoms with van der Waals surface area (Å²) in [6, 6.07) is 6.16. The molecule has 156 valence electrons. The number of halogens is 1. The molecule has 3 aliphatic rings. The van der Waals surface area contributed by atoms with Crippen LogP contribution >= 0.6 is 23.4 Å². The van der Waals surface area contributed by atoms with E-state index in [4.69, 9.17) is 11.6 Å². The number of thioether (sulfide) groups is 1. The quantitative estimate of drug-likeness (QED) is 0.648. The lowest BCUT2D eigenvalue weighted by Crippen LogP contribution is -2.52. The van der Waals surface area contributed by atoms with E-state index >= 15 is 0 Å². The van der Waals surface area contributed by atoms with Gasteiger partial charge in [-0.05, 0) is 31.9 Å². The molecule has 1 spiro atoms. The highest BCUT2D eigenvalue weighted by Gasteiger charge is 2.76. The first kappa shape index (κ1) is 20.5. The number of β-amino-alcohol motifs (C(OH)–C–C–N with tert-alkyl or cyclic N) is 1. The first-order chi connectivity index (χ1) is 13.8. The summed E-state index contributed by atoms with van der Waals surface area (Å²) < 4.78 is -1.09. The summed E-state index contributed by atoms with van der Waals surface area (Å²) in [6.45, 7) is 1.81. The molecule has 3 N–H and O–H groups in total. The number of fused-ring (bicyclic) bond motifs is 1. The standard InChI is InChI=1S/C20H24ClN3O4S/c1-19-7-8-20(29-19)14(13(19)16(26)22-2)18(28)24(9-10-25)15(20)17(27)23-12-6-4-3-5-11(12)21/h3-6,13-15,25H,7-10H2,1-2H3,(H,22,26)(H,23,27)/t13-,14+,15?,19+,20?/m1/s1. The largest absolute Gasteiger partial charge is 0.395 e. The normalized spacial score (nSPS) is 35.0. The van der Waals surface area contributed by atoms with Crippen molar-refractivity contribution in [3.63, 3.8) is 0 Å². The average molecular weight is 438 g/mol. The number of amides is 3. The van der Waals surface area contributed by atoms with Crippen LogP contribution in [0.2, 0.25) is 5.02 Å². The minimum Gasteiger partial charge on any atom is -0.395 e. The maximum absolute atomic E-state index is 13.4. The van der Waals surface area contributed by atoms with Gasteiger partial charge in [0.05, 0.1) is 33.9 Å². The van der Waals surface area contributed by atoms with E-state index in [0.717, 1.165) is 6.42 Å². The van der Waals surface area contributed by atoms with Gasteiger partial charge in [0.15, 0.2) is 0 Å². The predicted molar refractivity (Wildman–Crippen MR) is 112 cm³/mol. The predicted octanol–water partition coefficient (Wildman–Crippen LogP) is 1.50. The van der Waals surface area contributed by atoms with Crippen molar-refractivity contribution in [2.24, 2.45) is 11.8 Å². The number of anilines is 1. The first-order valence-corrected chi connectivity index (χ1v) is 10.9. The molecule has 9 heteroatoms. The molecule has 4 rings (SSSR count). The molecule has 1 aromatic rings. The number of carbonyl (C=O) groups excluding carboxylic acids is 3. The van der Waals surface area contributed by atoms with Crippen molar-refractivity contribution < 1.29 is 19.5 Å². The molecule has 2 bridgehead atoms. The van der Waals surface area contributed by atoms with Crippen molar-refractivity contribution in [2.75, 3.05) is 25.5 Å². The SMILES string of the molecule is CNC(=O)[C@H]1[C@H]2C(=O)N(CCO)C(C(=O)Nc3ccccc3Cl)C23CC[C@]1(C)S3. The molecule has 5 atom stereocenters. The van der Waals surface area contributed by atoms with Crippen LogP contribution in [-0.2, 0) is 14.4 Å². The topological polar surface area (TPSA) is 98.7 Å². The van der Waals surface area contributed by atoms with E-state index in [0.29, 0.717) is 17.1 Å². The van der Waals surface area contributed by atoms with Gasteiger partial charge in [0, 0.05) is 18.3 Å². The number of aliphatic hydroxyl groups excluding tert-OH is 1. The lowest BCUT2D eigenvalue weighted by atomic mass is 9.66. The van der Waals surface area contributed by atoms with Gasteiger partial charge >= 0.3 is 0 Å². The van der Waals surface area contributed by atoms with Crippen LogP contribution in [0.3, 0.4) is 0 Å². The average Bonchev–Trinajstić information content (AvgIpc) is 3.25. The van der Waals surface area contributed by atoms with Gasteiger partial charge in [0.1, 0.15) is 6.04 Å². The molecule has 3 aliphatic heterocycles. The third-order valence-corrected chi connectivity index (χ3v) is 8.84. The fraction of sp³-hybridized carbons (Fsp3) is 0.550.